The Morgan fingerprint density at radius 1 is 1.21 bits per heavy atom. The second kappa shape index (κ2) is 12.2. The number of fused-ring (bicyclic) bond motifs is 1. The Morgan fingerprint density at radius 2 is 2.07 bits per heavy atom. The number of ether oxygens (including phenoxy) is 2. The fraction of sp³-hybridized carbons (Fsp3) is 0.469. The molecule has 2 aliphatic rings. The lowest BCUT2D eigenvalue weighted by Gasteiger charge is -2.41. The molecule has 4 aromatic rings. The fourth-order valence-corrected chi connectivity index (χ4v) is 6.50. The molecule has 3 heterocycles. The van der Waals surface area contributed by atoms with Crippen molar-refractivity contribution in [2.24, 2.45) is 0 Å². The van der Waals surface area contributed by atoms with Crippen molar-refractivity contribution < 1.29 is 23.8 Å². The van der Waals surface area contributed by atoms with Gasteiger partial charge >= 0.3 is 0 Å². The van der Waals surface area contributed by atoms with Crippen LogP contribution >= 0.6 is 0 Å². The highest BCUT2D eigenvalue weighted by molar-refractivity contribution is 5.98. The number of imidazole rings is 1. The minimum Gasteiger partial charge on any atom is -0.493 e. The summed E-state index contributed by atoms with van der Waals surface area (Å²) in [5, 5.41) is 15.1. The first-order chi connectivity index (χ1) is 20.5. The van der Waals surface area contributed by atoms with Crippen molar-refractivity contribution in [3.05, 3.63) is 66.4 Å². The van der Waals surface area contributed by atoms with Crippen LogP contribution in [0.3, 0.4) is 0 Å². The Bertz CT molecular complexity index is 1510. The summed E-state index contributed by atoms with van der Waals surface area (Å²) in [6.07, 6.45) is 5.76. The Morgan fingerprint density at radius 3 is 2.90 bits per heavy atom. The SMILES string of the molecule is COC[C@]1(O)CCCC[C@H]1n1cnc(C(=O)N2CCNC[C@H]2CCOc2ccc3oc(C)nc3c2)c1-c1ccccc1. The van der Waals surface area contributed by atoms with Crippen LogP contribution in [0.4, 0.5) is 0 Å². The summed E-state index contributed by atoms with van der Waals surface area (Å²) in [4.78, 5) is 25.3. The minimum atomic E-state index is -1.03. The van der Waals surface area contributed by atoms with Crippen LogP contribution in [0, 0.1) is 6.92 Å². The van der Waals surface area contributed by atoms with Crippen LogP contribution in [0.1, 0.15) is 54.5 Å². The molecule has 2 aromatic carbocycles. The molecule has 222 valence electrons. The summed E-state index contributed by atoms with van der Waals surface area (Å²) in [5.74, 6) is 1.23. The van der Waals surface area contributed by atoms with Crippen molar-refractivity contribution in [3.8, 4) is 17.0 Å². The summed E-state index contributed by atoms with van der Waals surface area (Å²) in [5.41, 5.74) is 2.52. The van der Waals surface area contributed by atoms with Crippen LogP contribution in [0.2, 0.25) is 0 Å². The number of aromatic nitrogens is 3. The molecular formula is C32H39N5O5. The van der Waals surface area contributed by atoms with Gasteiger partial charge in [-0.3, -0.25) is 4.79 Å². The maximum absolute atomic E-state index is 14.2. The number of carbonyl (C=O) groups excluding carboxylic acids is 1. The maximum Gasteiger partial charge on any atom is 0.275 e. The number of hydrogen-bond acceptors (Lipinski definition) is 8. The highest BCUT2D eigenvalue weighted by atomic mass is 16.5. The van der Waals surface area contributed by atoms with E-state index in [4.69, 9.17) is 18.9 Å². The molecule has 1 aliphatic carbocycles. The van der Waals surface area contributed by atoms with Crippen molar-refractivity contribution >= 4 is 17.0 Å². The van der Waals surface area contributed by atoms with Gasteiger partial charge in [-0.05, 0) is 25.0 Å². The molecule has 2 N–H and O–H groups in total. The van der Waals surface area contributed by atoms with E-state index < -0.39 is 5.60 Å². The smallest absolute Gasteiger partial charge is 0.275 e. The lowest BCUT2D eigenvalue weighted by Crippen LogP contribution is -2.54. The van der Waals surface area contributed by atoms with Crippen LogP contribution in [-0.4, -0.2) is 82.0 Å². The number of rotatable bonds is 9. The quantitative estimate of drug-likeness (QED) is 0.303. The standard InChI is InChI=1S/C32H39N5O5/c1-22-35-26-18-25(11-12-27(26)42-22)41-17-13-24-19-33-15-16-36(24)31(38)29-30(23-8-4-3-5-9-23)37(21-34-29)28-10-6-7-14-32(28,39)20-40-2/h3-5,8-9,11-12,18,21,24,28,33,39H,6-7,10,13-17,19-20H2,1-2H3/t24-,28-,32-/m1/s1. The van der Waals surface area contributed by atoms with Crippen LogP contribution in [0.5, 0.6) is 5.75 Å². The number of aliphatic hydroxyl groups is 1. The third kappa shape index (κ3) is 5.66. The van der Waals surface area contributed by atoms with Gasteiger partial charge in [-0.1, -0.05) is 43.2 Å². The zero-order chi connectivity index (χ0) is 29.1. The molecule has 1 saturated heterocycles. The third-order valence-corrected chi connectivity index (χ3v) is 8.53. The van der Waals surface area contributed by atoms with Gasteiger partial charge < -0.3 is 33.8 Å². The van der Waals surface area contributed by atoms with E-state index in [0.717, 1.165) is 47.4 Å². The second-order valence-electron chi connectivity index (χ2n) is 11.4. The molecule has 10 nitrogen and oxygen atoms in total. The molecule has 2 aromatic heterocycles. The molecule has 0 bridgehead atoms. The predicted molar refractivity (Wildman–Crippen MR) is 159 cm³/mol. The average Bonchev–Trinajstić information content (AvgIpc) is 3.60. The zero-order valence-corrected chi connectivity index (χ0v) is 24.3. The molecule has 0 spiro atoms. The van der Waals surface area contributed by atoms with Gasteiger partial charge in [0.05, 0.1) is 31.3 Å². The number of nitrogens with one attached hydrogen (secondary N) is 1. The Hall–Kier alpha value is -3.73. The number of oxazole rings is 1. The molecule has 0 unspecified atom stereocenters. The minimum absolute atomic E-state index is 0.0573. The monoisotopic (exact) mass is 573 g/mol. The molecule has 2 fully saturated rings. The molecule has 1 saturated carbocycles. The number of nitrogens with zero attached hydrogens (tertiary/aromatic N) is 4. The van der Waals surface area contributed by atoms with E-state index in [9.17, 15) is 9.90 Å². The molecule has 42 heavy (non-hydrogen) atoms. The van der Waals surface area contributed by atoms with E-state index in [1.807, 2.05) is 64.9 Å². The van der Waals surface area contributed by atoms with Crippen LogP contribution in [-0.2, 0) is 4.74 Å². The normalized spacial score (nSPS) is 22.9. The number of hydrogen-bond donors (Lipinski definition) is 2. The largest absolute Gasteiger partial charge is 0.493 e. The lowest BCUT2D eigenvalue weighted by atomic mass is 9.80. The van der Waals surface area contributed by atoms with Gasteiger partial charge in [-0.25, -0.2) is 9.97 Å². The molecule has 6 rings (SSSR count). The maximum atomic E-state index is 14.2. The number of methoxy groups -OCH3 is 1. The number of piperazine rings is 1. The summed E-state index contributed by atoms with van der Waals surface area (Å²) in [6.45, 7) is 4.47. The van der Waals surface area contributed by atoms with Crippen molar-refractivity contribution in [1.29, 1.82) is 0 Å². The van der Waals surface area contributed by atoms with E-state index in [-0.39, 0.29) is 24.6 Å². The number of amides is 1. The predicted octanol–water partition coefficient (Wildman–Crippen LogP) is 4.38. The summed E-state index contributed by atoms with van der Waals surface area (Å²) in [7, 11) is 1.62. The number of benzene rings is 2. The summed E-state index contributed by atoms with van der Waals surface area (Å²) in [6, 6.07) is 15.2. The summed E-state index contributed by atoms with van der Waals surface area (Å²) >= 11 is 0. The Labute approximate surface area is 245 Å². The van der Waals surface area contributed by atoms with E-state index in [2.05, 4.69) is 10.3 Å². The van der Waals surface area contributed by atoms with Gasteiger partial charge in [-0.15, -0.1) is 0 Å². The second-order valence-corrected chi connectivity index (χ2v) is 11.4. The van der Waals surface area contributed by atoms with Crippen LogP contribution < -0.4 is 10.1 Å². The van der Waals surface area contributed by atoms with Crippen LogP contribution in [0.25, 0.3) is 22.4 Å². The van der Waals surface area contributed by atoms with Crippen molar-refractivity contribution in [2.45, 2.75) is 56.7 Å². The van der Waals surface area contributed by atoms with Gasteiger partial charge in [0.1, 0.15) is 16.9 Å². The first-order valence-electron chi connectivity index (χ1n) is 14.8. The van der Waals surface area contributed by atoms with E-state index >= 15 is 0 Å². The Kier molecular flexibility index (Phi) is 8.28. The van der Waals surface area contributed by atoms with Crippen molar-refractivity contribution in [2.75, 3.05) is 40.0 Å². The number of aryl methyl sites for hydroxylation is 1. The zero-order valence-electron chi connectivity index (χ0n) is 24.3. The van der Waals surface area contributed by atoms with E-state index in [1.54, 1.807) is 13.4 Å². The Balaban J connectivity index is 1.25. The highest BCUT2D eigenvalue weighted by Gasteiger charge is 2.42. The molecule has 1 aliphatic heterocycles. The molecular weight excluding hydrogens is 534 g/mol. The third-order valence-electron chi connectivity index (χ3n) is 8.53. The lowest BCUT2D eigenvalue weighted by molar-refractivity contribution is -0.0893. The van der Waals surface area contributed by atoms with E-state index in [1.165, 1.54) is 0 Å². The fourth-order valence-electron chi connectivity index (χ4n) is 6.50. The van der Waals surface area contributed by atoms with Gasteiger partial charge in [0.2, 0.25) is 0 Å². The first-order valence-corrected chi connectivity index (χ1v) is 14.8. The summed E-state index contributed by atoms with van der Waals surface area (Å²) < 4.78 is 19.1. The van der Waals surface area contributed by atoms with Crippen molar-refractivity contribution in [3.63, 3.8) is 0 Å². The molecule has 10 heteroatoms. The van der Waals surface area contributed by atoms with Gasteiger partial charge in [0, 0.05) is 57.8 Å². The van der Waals surface area contributed by atoms with Gasteiger partial charge in [0.25, 0.3) is 5.91 Å². The molecule has 0 radical (unpaired) electrons. The molecule has 1 amide bonds. The average molecular weight is 574 g/mol. The van der Waals surface area contributed by atoms with Crippen LogP contribution in [0.15, 0.2) is 59.3 Å². The van der Waals surface area contributed by atoms with Crippen molar-refractivity contribution in [1.82, 2.24) is 24.8 Å². The number of carbonyl (C=O) groups is 1. The first kappa shape index (κ1) is 28.4. The van der Waals surface area contributed by atoms with Gasteiger partial charge in [-0.2, -0.15) is 0 Å². The topological polar surface area (TPSA) is 115 Å². The highest BCUT2D eigenvalue weighted by Crippen LogP contribution is 2.41. The van der Waals surface area contributed by atoms with Gasteiger partial charge in [0.15, 0.2) is 17.2 Å². The molecule has 3 atom stereocenters. The van der Waals surface area contributed by atoms with E-state index in [0.29, 0.717) is 50.7 Å².